The Bertz CT molecular complexity index is 95.0. The van der Waals surface area contributed by atoms with Crippen molar-refractivity contribution in [2.24, 2.45) is 0 Å². The van der Waals surface area contributed by atoms with Crippen LogP contribution in [0.5, 0.6) is 0 Å². The van der Waals surface area contributed by atoms with E-state index in [-0.39, 0.29) is 0 Å². The van der Waals surface area contributed by atoms with E-state index in [4.69, 9.17) is 12.2 Å². The van der Waals surface area contributed by atoms with Gasteiger partial charge >= 0.3 is 0 Å². The fourth-order valence-corrected chi connectivity index (χ4v) is 0.911. The van der Waals surface area contributed by atoms with Crippen LogP contribution in [0.4, 0.5) is 0 Å². The molecule has 1 N–H and O–H groups in total. The fraction of sp³-hybridized carbons (Fsp3) is 0.800. The minimum absolute atomic E-state index is 0.597. The molecule has 0 rings (SSSR count). The molecule has 9 heavy (non-hydrogen) atoms. The van der Waals surface area contributed by atoms with Gasteiger partial charge in [-0.05, 0) is 6.92 Å². The van der Waals surface area contributed by atoms with E-state index in [2.05, 4.69) is 18.1 Å². The van der Waals surface area contributed by atoms with E-state index < -0.39 is 0 Å². The molecule has 0 unspecified atom stereocenters. The van der Waals surface area contributed by atoms with Crippen molar-refractivity contribution < 1.29 is 0 Å². The Labute approximate surface area is 67.0 Å². The highest BCUT2D eigenvalue weighted by Crippen LogP contribution is 1.90. The number of nitrogens with one attached hydrogen (secondary N) is 1. The molecule has 0 amide bonds. The van der Waals surface area contributed by atoms with Crippen molar-refractivity contribution in [2.45, 2.75) is 13.8 Å². The van der Waals surface area contributed by atoms with Crippen LogP contribution in [0.2, 0.25) is 0 Å². The van der Waals surface area contributed by atoms with Crippen LogP contribution < -0.4 is 5.43 Å². The number of hydrogen-bond acceptors (Lipinski definition) is 2. The van der Waals surface area contributed by atoms with E-state index in [0.717, 1.165) is 13.1 Å². The molecule has 0 heterocycles. The van der Waals surface area contributed by atoms with Crippen LogP contribution in [0.3, 0.4) is 0 Å². The molecule has 0 aliphatic rings. The van der Waals surface area contributed by atoms with Crippen molar-refractivity contribution in [1.29, 1.82) is 0 Å². The molecule has 0 spiro atoms. The van der Waals surface area contributed by atoms with Crippen LogP contribution in [0.25, 0.3) is 0 Å². The average molecular weight is 164 g/mol. The molecule has 2 nitrogen and oxygen atoms in total. The molecule has 0 aliphatic carbocycles. The fourth-order valence-electron chi connectivity index (χ4n) is 0.506. The van der Waals surface area contributed by atoms with Crippen LogP contribution in [0.15, 0.2) is 0 Å². The average Bonchev–Trinajstić information content (AvgIpc) is 1.82. The molecule has 0 aromatic carbocycles. The number of thiol groups is 1. The smallest absolute Gasteiger partial charge is 0.147 e. The van der Waals surface area contributed by atoms with E-state index in [1.54, 1.807) is 0 Å². The van der Waals surface area contributed by atoms with Gasteiger partial charge in [0, 0.05) is 13.1 Å². The highest BCUT2D eigenvalue weighted by Gasteiger charge is 1.97. The first kappa shape index (κ1) is 9.20. The lowest BCUT2D eigenvalue weighted by atomic mass is 10.7. The zero-order valence-corrected chi connectivity index (χ0v) is 7.43. The highest BCUT2D eigenvalue weighted by atomic mass is 32.1. The Balaban J connectivity index is 3.54. The minimum Gasteiger partial charge on any atom is -0.294 e. The largest absolute Gasteiger partial charge is 0.294 e. The summed E-state index contributed by atoms with van der Waals surface area (Å²) in [5.41, 5.74) is 3.05. The molecule has 0 aromatic heterocycles. The molecule has 0 atom stereocenters. The third-order valence-corrected chi connectivity index (χ3v) is 1.36. The third-order valence-electron chi connectivity index (χ3n) is 0.896. The van der Waals surface area contributed by atoms with Gasteiger partial charge in [0.1, 0.15) is 4.32 Å². The van der Waals surface area contributed by atoms with Gasteiger partial charge in [0.25, 0.3) is 0 Å². The lowest BCUT2D eigenvalue weighted by molar-refractivity contribution is 0.343. The molecule has 54 valence electrons. The Morgan fingerprint density at radius 2 is 2.22 bits per heavy atom. The van der Waals surface area contributed by atoms with Gasteiger partial charge in [-0.2, -0.15) is 0 Å². The van der Waals surface area contributed by atoms with Crippen molar-refractivity contribution in [2.75, 3.05) is 13.1 Å². The number of thiocarbonyl (C=S) groups is 1. The lowest BCUT2D eigenvalue weighted by Crippen LogP contribution is -2.39. The number of rotatable bonds is 3. The molecule has 4 heteroatoms. The second-order valence-electron chi connectivity index (χ2n) is 1.54. The van der Waals surface area contributed by atoms with Crippen molar-refractivity contribution in [1.82, 2.24) is 10.4 Å². The van der Waals surface area contributed by atoms with E-state index in [1.807, 2.05) is 18.9 Å². The first-order valence-electron chi connectivity index (χ1n) is 2.96. The third kappa shape index (κ3) is 3.72. The maximum absolute atomic E-state index is 4.81. The van der Waals surface area contributed by atoms with E-state index in [1.165, 1.54) is 0 Å². The minimum atomic E-state index is 0.597. The van der Waals surface area contributed by atoms with Crippen LogP contribution in [0.1, 0.15) is 13.8 Å². The summed E-state index contributed by atoms with van der Waals surface area (Å²) in [6.45, 7) is 5.78. The Morgan fingerprint density at radius 3 is 2.33 bits per heavy atom. The number of nitrogens with zero attached hydrogens (tertiary/aromatic N) is 1. The summed E-state index contributed by atoms with van der Waals surface area (Å²) in [6, 6.07) is 0. The van der Waals surface area contributed by atoms with Crippen molar-refractivity contribution in [3.8, 4) is 0 Å². The normalized spacial score (nSPS) is 9.22. The molecule has 0 radical (unpaired) electrons. The van der Waals surface area contributed by atoms with Crippen LogP contribution >= 0.6 is 24.8 Å². The number of hydrogen-bond donors (Lipinski definition) is 2. The molecule has 0 bridgehead atoms. The predicted octanol–water partition coefficient (Wildman–Crippen LogP) is 1.05. The summed E-state index contributed by atoms with van der Waals surface area (Å²) in [6.07, 6.45) is 0. The highest BCUT2D eigenvalue weighted by molar-refractivity contribution is 8.10. The van der Waals surface area contributed by atoms with Gasteiger partial charge in [-0.1, -0.05) is 19.1 Å². The Kier molecular flexibility index (Phi) is 5.13. The van der Waals surface area contributed by atoms with Gasteiger partial charge in [-0.25, -0.2) is 5.43 Å². The maximum atomic E-state index is 4.81. The van der Waals surface area contributed by atoms with Crippen LogP contribution in [0, 0.1) is 0 Å². The second-order valence-corrected chi connectivity index (χ2v) is 2.65. The van der Waals surface area contributed by atoms with Crippen molar-refractivity contribution in [3.63, 3.8) is 0 Å². The number of hydrazine groups is 1. The topological polar surface area (TPSA) is 15.3 Å². The van der Waals surface area contributed by atoms with Gasteiger partial charge in [0.15, 0.2) is 0 Å². The van der Waals surface area contributed by atoms with Gasteiger partial charge < -0.3 is 0 Å². The summed E-state index contributed by atoms with van der Waals surface area (Å²) in [4.78, 5) is 0. The molecular weight excluding hydrogens is 152 g/mol. The molecule has 0 aliphatic heterocycles. The molecule has 0 saturated heterocycles. The maximum Gasteiger partial charge on any atom is 0.147 e. The summed E-state index contributed by atoms with van der Waals surface area (Å²) < 4.78 is 0.597. The SMILES string of the molecule is CCNN(CC)C(=S)S. The first-order chi connectivity index (χ1) is 4.22. The second kappa shape index (κ2) is 5.02. The summed E-state index contributed by atoms with van der Waals surface area (Å²) in [7, 11) is 0. The van der Waals surface area contributed by atoms with Gasteiger partial charge in [0.2, 0.25) is 0 Å². The molecule has 0 saturated carbocycles. The van der Waals surface area contributed by atoms with E-state index in [9.17, 15) is 0 Å². The zero-order chi connectivity index (χ0) is 7.28. The summed E-state index contributed by atoms with van der Waals surface area (Å²) >= 11 is 8.81. The monoisotopic (exact) mass is 164 g/mol. The quantitative estimate of drug-likeness (QED) is 0.368. The molecule has 0 aromatic rings. The van der Waals surface area contributed by atoms with Gasteiger partial charge in [-0.3, -0.25) is 5.01 Å². The Morgan fingerprint density at radius 1 is 1.67 bits per heavy atom. The lowest BCUT2D eigenvalue weighted by Gasteiger charge is -2.19. The van der Waals surface area contributed by atoms with Crippen molar-refractivity contribution in [3.05, 3.63) is 0 Å². The standard InChI is InChI=1S/C5H12N2S2/c1-3-6-7(4-2)5(8)9/h6H,3-4H2,1-2H3,(H,8,9). The van der Waals surface area contributed by atoms with Crippen LogP contribution in [-0.2, 0) is 0 Å². The molecular formula is C5H12N2S2. The zero-order valence-electron chi connectivity index (χ0n) is 5.72. The molecule has 0 fully saturated rings. The summed E-state index contributed by atoms with van der Waals surface area (Å²) in [5, 5.41) is 1.82. The summed E-state index contributed by atoms with van der Waals surface area (Å²) in [5.74, 6) is 0. The van der Waals surface area contributed by atoms with Gasteiger partial charge in [0.05, 0.1) is 0 Å². The van der Waals surface area contributed by atoms with Crippen LogP contribution in [-0.4, -0.2) is 22.4 Å². The predicted molar refractivity (Wildman–Crippen MR) is 47.6 cm³/mol. The van der Waals surface area contributed by atoms with E-state index in [0.29, 0.717) is 4.32 Å². The van der Waals surface area contributed by atoms with Gasteiger partial charge in [-0.15, -0.1) is 12.6 Å². The van der Waals surface area contributed by atoms with E-state index >= 15 is 0 Å². The first-order valence-corrected chi connectivity index (χ1v) is 3.81. The van der Waals surface area contributed by atoms with Crippen molar-refractivity contribution >= 4 is 29.2 Å². The Hall–Kier alpha value is 0.200.